The molecule has 1 saturated carbocycles. The van der Waals surface area contributed by atoms with Crippen LogP contribution in [0.25, 0.3) is 0 Å². The summed E-state index contributed by atoms with van der Waals surface area (Å²) < 4.78 is 5.65. The van der Waals surface area contributed by atoms with E-state index in [2.05, 4.69) is 50.4 Å². The molecule has 3 unspecified atom stereocenters. The normalized spacial score (nSPS) is 23.8. The molecule has 1 aromatic carbocycles. The van der Waals surface area contributed by atoms with Crippen molar-refractivity contribution >= 4 is 0 Å². The molecule has 118 valence electrons. The third-order valence-corrected chi connectivity index (χ3v) is 4.75. The fraction of sp³-hybridized carbons (Fsp3) is 0.684. The lowest BCUT2D eigenvalue weighted by atomic mass is 9.82. The zero-order valence-electron chi connectivity index (χ0n) is 13.9. The van der Waals surface area contributed by atoms with Crippen LogP contribution in [-0.4, -0.2) is 12.6 Å². The molecule has 0 amide bonds. The third kappa shape index (κ3) is 4.74. The predicted molar refractivity (Wildman–Crippen MR) is 89.8 cm³/mol. The zero-order valence-corrected chi connectivity index (χ0v) is 13.9. The SMILES string of the molecule is CCCOc1ccc(C(C)NC2CCCCC2CC)cc1. The Morgan fingerprint density at radius 2 is 1.86 bits per heavy atom. The minimum absolute atomic E-state index is 0.419. The van der Waals surface area contributed by atoms with Crippen molar-refractivity contribution in [2.75, 3.05) is 6.61 Å². The number of rotatable bonds is 7. The Kier molecular flexibility index (Phi) is 6.56. The van der Waals surface area contributed by atoms with Gasteiger partial charge < -0.3 is 10.1 Å². The smallest absolute Gasteiger partial charge is 0.119 e. The monoisotopic (exact) mass is 289 g/mol. The average molecular weight is 289 g/mol. The van der Waals surface area contributed by atoms with Gasteiger partial charge in [0.25, 0.3) is 0 Å². The second-order valence-electron chi connectivity index (χ2n) is 6.37. The molecular formula is C19H31NO. The van der Waals surface area contributed by atoms with Crippen molar-refractivity contribution < 1.29 is 4.74 Å². The quantitative estimate of drug-likeness (QED) is 0.754. The minimum atomic E-state index is 0.419. The summed E-state index contributed by atoms with van der Waals surface area (Å²) in [4.78, 5) is 0. The molecule has 21 heavy (non-hydrogen) atoms. The first-order valence-corrected chi connectivity index (χ1v) is 8.73. The van der Waals surface area contributed by atoms with Gasteiger partial charge in [0, 0.05) is 12.1 Å². The van der Waals surface area contributed by atoms with Crippen molar-refractivity contribution in [2.45, 2.75) is 71.4 Å². The fourth-order valence-electron chi connectivity index (χ4n) is 3.41. The van der Waals surface area contributed by atoms with E-state index >= 15 is 0 Å². The molecule has 0 radical (unpaired) electrons. The maximum absolute atomic E-state index is 5.65. The van der Waals surface area contributed by atoms with Crippen LogP contribution < -0.4 is 10.1 Å². The number of hydrogen-bond donors (Lipinski definition) is 1. The van der Waals surface area contributed by atoms with E-state index in [1.807, 2.05) is 0 Å². The lowest BCUT2D eigenvalue weighted by Crippen LogP contribution is -2.39. The van der Waals surface area contributed by atoms with Gasteiger partial charge >= 0.3 is 0 Å². The van der Waals surface area contributed by atoms with Crippen molar-refractivity contribution in [3.63, 3.8) is 0 Å². The summed E-state index contributed by atoms with van der Waals surface area (Å²) in [7, 11) is 0. The Labute approximate surface area is 130 Å². The van der Waals surface area contributed by atoms with E-state index in [0.717, 1.165) is 24.7 Å². The van der Waals surface area contributed by atoms with Crippen LogP contribution in [0.2, 0.25) is 0 Å². The van der Waals surface area contributed by atoms with E-state index < -0.39 is 0 Å². The van der Waals surface area contributed by atoms with Gasteiger partial charge in [-0.25, -0.2) is 0 Å². The molecule has 1 N–H and O–H groups in total. The summed E-state index contributed by atoms with van der Waals surface area (Å²) in [6, 6.07) is 9.71. The van der Waals surface area contributed by atoms with Crippen LogP contribution in [0.1, 0.15) is 70.9 Å². The molecule has 2 rings (SSSR count). The van der Waals surface area contributed by atoms with E-state index in [1.165, 1.54) is 37.7 Å². The Balaban J connectivity index is 1.91. The molecule has 2 heteroatoms. The van der Waals surface area contributed by atoms with Crippen LogP contribution in [-0.2, 0) is 0 Å². The lowest BCUT2D eigenvalue weighted by Gasteiger charge is -2.34. The van der Waals surface area contributed by atoms with Gasteiger partial charge in [-0.05, 0) is 49.8 Å². The van der Waals surface area contributed by atoms with Gasteiger partial charge in [-0.3, -0.25) is 0 Å². The molecule has 2 nitrogen and oxygen atoms in total. The third-order valence-electron chi connectivity index (χ3n) is 4.75. The van der Waals surface area contributed by atoms with Crippen molar-refractivity contribution in [1.29, 1.82) is 0 Å². The van der Waals surface area contributed by atoms with Gasteiger partial charge in [0.1, 0.15) is 5.75 Å². The first-order chi connectivity index (χ1) is 10.2. The summed E-state index contributed by atoms with van der Waals surface area (Å²) in [5, 5.41) is 3.86. The number of hydrogen-bond acceptors (Lipinski definition) is 2. The second kappa shape index (κ2) is 8.43. The Morgan fingerprint density at radius 3 is 2.52 bits per heavy atom. The molecule has 0 aliphatic heterocycles. The topological polar surface area (TPSA) is 21.3 Å². The van der Waals surface area contributed by atoms with Crippen LogP contribution in [0.3, 0.4) is 0 Å². The Hall–Kier alpha value is -1.02. The first-order valence-electron chi connectivity index (χ1n) is 8.73. The highest BCUT2D eigenvalue weighted by Crippen LogP contribution is 2.29. The van der Waals surface area contributed by atoms with E-state index in [1.54, 1.807) is 0 Å². The van der Waals surface area contributed by atoms with Crippen molar-refractivity contribution in [3.05, 3.63) is 29.8 Å². The molecular weight excluding hydrogens is 258 g/mol. The molecule has 1 aromatic rings. The highest BCUT2D eigenvalue weighted by atomic mass is 16.5. The van der Waals surface area contributed by atoms with E-state index in [-0.39, 0.29) is 0 Å². The molecule has 1 aliphatic rings. The summed E-state index contributed by atoms with van der Waals surface area (Å²) in [5.74, 6) is 1.84. The summed E-state index contributed by atoms with van der Waals surface area (Å²) >= 11 is 0. The average Bonchev–Trinajstić information content (AvgIpc) is 2.54. The van der Waals surface area contributed by atoms with Crippen LogP contribution in [0, 0.1) is 5.92 Å². The molecule has 0 spiro atoms. The van der Waals surface area contributed by atoms with Crippen molar-refractivity contribution in [2.24, 2.45) is 5.92 Å². The molecule has 0 heterocycles. The van der Waals surface area contributed by atoms with Crippen molar-refractivity contribution in [1.82, 2.24) is 5.32 Å². The first kappa shape index (κ1) is 16.4. The summed E-state index contributed by atoms with van der Waals surface area (Å²) in [6.07, 6.45) is 7.87. The van der Waals surface area contributed by atoms with Gasteiger partial charge in [0.15, 0.2) is 0 Å². The molecule has 3 atom stereocenters. The number of ether oxygens (including phenoxy) is 1. The second-order valence-corrected chi connectivity index (χ2v) is 6.37. The van der Waals surface area contributed by atoms with Crippen LogP contribution in [0.15, 0.2) is 24.3 Å². The van der Waals surface area contributed by atoms with Crippen molar-refractivity contribution in [3.8, 4) is 5.75 Å². The Bertz CT molecular complexity index is 401. The number of nitrogens with one attached hydrogen (secondary N) is 1. The maximum atomic E-state index is 5.65. The molecule has 0 saturated heterocycles. The van der Waals surface area contributed by atoms with Gasteiger partial charge in [0.2, 0.25) is 0 Å². The predicted octanol–water partition coefficient (Wildman–Crippen LogP) is 5.09. The minimum Gasteiger partial charge on any atom is -0.494 e. The molecule has 1 aliphatic carbocycles. The van der Waals surface area contributed by atoms with Crippen LogP contribution in [0.4, 0.5) is 0 Å². The highest BCUT2D eigenvalue weighted by molar-refractivity contribution is 5.29. The number of benzene rings is 1. The standard InChI is InChI=1S/C19H31NO/c1-4-14-21-18-12-10-17(11-13-18)15(3)20-19-9-7-6-8-16(19)5-2/h10-13,15-16,19-20H,4-9,14H2,1-3H3. The van der Waals surface area contributed by atoms with Gasteiger partial charge in [-0.1, -0.05) is 45.2 Å². The van der Waals surface area contributed by atoms with Gasteiger partial charge in [0.05, 0.1) is 6.61 Å². The maximum Gasteiger partial charge on any atom is 0.119 e. The Morgan fingerprint density at radius 1 is 1.14 bits per heavy atom. The van der Waals surface area contributed by atoms with E-state index in [9.17, 15) is 0 Å². The lowest BCUT2D eigenvalue weighted by molar-refractivity contribution is 0.240. The molecule has 0 bridgehead atoms. The summed E-state index contributed by atoms with van der Waals surface area (Å²) in [6.45, 7) is 7.54. The molecule has 1 fully saturated rings. The van der Waals surface area contributed by atoms with E-state index in [4.69, 9.17) is 4.74 Å². The van der Waals surface area contributed by atoms with Gasteiger partial charge in [-0.2, -0.15) is 0 Å². The molecule has 0 aromatic heterocycles. The highest BCUT2D eigenvalue weighted by Gasteiger charge is 2.24. The summed E-state index contributed by atoms with van der Waals surface area (Å²) in [5.41, 5.74) is 1.36. The van der Waals surface area contributed by atoms with Crippen LogP contribution in [0.5, 0.6) is 5.75 Å². The fourth-order valence-corrected chi connectivity index (χ4v) is 3.41. The van der Waals surface area contributed by atoms with Gasteiger partial charge in [-0.15, -0.1) is 0 Å². The zero-order chi connectivity index (χ0) is 15.1. The van der Waals surface area contributed by atoms with E-state index in [0.29, 0.717) is 12.1 Å². The van der Waals surface area contributed by atoms with Crippen LogP contribution >= 0.6 is 0 Å². The largest absolute Gasteiger partial charge is 0.494 e.